The molecule has 1 N–H and O–H groups in total. The number of ether oxygens (including phenoxy) is 2. The first-order chi connectivity index (χ1) is 16.3. The van der Waals surface area contributed by atoms with E-state index < -0.39 is 0 Å². The summed E-state index contributed by atoms with van der Waals surface area (Å²) in [6.07, 6.45) is 5.64. The predicted octanol–water partition coefficient (Wildman–Crippen LogP) is 4.88. The van der Waals surface area contributed by atoms with Crippen LogP contribution >= 0.6 is 23.2 Å². The van der Waals surface area contributed by atoms with Crippen LogP contribution < -0.4 is 5.32 Å². The van der Waals surface area contributed by atoms with Gasteiger partial charge in [-0.05, 0) is 63.4 Å². The molecule has 0 atom stereocenters. The Hall–Kier alpha value is -1.97. The molecule has 2 aromatic heterocycles. The second-order valence-corrected chi connectivity index (χ2v) is 10.5. The molecule has 2 fully saturated rings. The molecule has 5 rings (SSSR count). The Morgan fingerprint density at radius 1 is 1.18 bits per heavy atom. The van der Waals surface area contributed by atoms with E-state index in [9.17, 15) is 0 Å². The zero-order valence-electron chi connectivity index (χ0n) is 19.7. The predicted molar refractivity (Wildman–Crippen MR) is 134 cm³/mol. The standard InChI is InChI=1S/C24H30Cl2N6O2/c1-24(2,33-3)14-32-22(26)21(11-28-32)30-23-27-10-16-8-19(25)18(9-20(16)29-23)15-4-6-31(7-5-15)17-12-34-13-17/h8-11,15,17H,4-7,12-14H2,1-3H3,(H,27,29,30). The highest BCUT2D eigenvalue weighted by atomic mass is 35.5. The fourth-order valence-electron chi connectivity index (χ4n) is 4.56. The monoisotopic (exact) mass is 504 g/mol. The van der Waals surface area contributed by atoms with E-state index in [1.807, 2.05) is 19.9 Å². The van der Waals surface area contributed by atoms with E-state index in [4.69, 9.17) is 37.7 Å². The number of methoxy groups -OCH3 is 1. The summed E-state index contributed by atoms with van der Waals surface area (Å²) in [5.74, 6) is 0.894. The van der Waals surface area contributed by atoms with Gasteiger partial charge in [-0.25, -0.2) is 14.6 Å². The zero-order valence-corrected chi connectivity index (χ0v) is 21.2. The molecule has 2 aliphatic rings. The van der Waals surface area contributed by atoms with Crippen molar-refractivity contribution in [1.82, 2.24) is 24.6 Å². The molecule has 0 aliphatic carbocycles. The summed E-state index contributed by atoms with van der Waals surface area (Å²) in [5.41, 5.74) is 2.28. The Labute approximate surface area is 209 Å². The second-order valence-electron chi connectivity index (χ2n) is 9.72. The van der Waals surface area contributed by atoms with Crippen LogP contribution in [0.3, 0.4) is 0 Å². The van der Waals surface area contributed by atoms with Gasteiger partial charge in [-0.3, -0.25) is 4.90 Å². The average molecular weight is 505 g/mol. The quantitative estimate of drug-likeness (QED) is 0.491. The van der Waals surface area contributed by atoms with Gasteiger partial charge in [-0.2, -0.15) is 5.10 Å². The van der Waals surface area contributed by atoms with Crippen molar-refractivity contribution in [3.8, 4) is 0 Å². The molecule has 4 heterocycles. The maximum atomic E-state index is 6.69. The number of halogens is 2. The third-order valence-corrected chi connectivity index (χ3v) is 7.64. The fraction of sp³-hybridized carbons (Fsp3) is 0.542. The van der Waals surface area contributed by atoms with Crippen LogP contribution in [0.4, 0.5) is 11.6 Å². The maximum Gasteiger partial charge on any atom is 0.227 e. The summed E-state index contributed by atoms with van der Waals surface area (Å²) in [6.45, 7) is 8.37. The molecule has 3 aromatic rings. The van der Waals surface area contributed by atoms with Gasteiger partial charge in [0.25, 0.3) is 0 Å². The van der Waals surface area contributed by atoms with Crippen molar-refractivity contribution in [2.24, 2.45) is 0 Å². The van der Waals surface area contributed by atoms with Gasteiger partial charge >= 0.3 is 0 Å². The third kappa shape index (κ3) is 4.88. The third-order valence-electron chi connectivity index (χ3n) is 6.91. The number of aromatic nitrogens is 4. The van der Waals surface area contributed by atoms with Gasteiger partial charge < -0.3 is 14.8 Å². The van der Waals surface area contributed by atoms with Gasteiger partial charge in [0.05, 0.1) is 48.8 Å². The lowest BCUT2D eigenvalue weighted by Gasteiger charge is -2.41. The summed E-state index contributed by atoms with van der Waals surface area (Å²) < 4.78 is 12.5. The van der Waals surface area contributed by atoms with Crippen molar-refractivity contribution < 1.29 is 9.47 Å². The summed E-state index contributed by atoms with van der Waals surface area (Å²) in [7, 11) is 1.67. The Bertz CT molecular complexity index is 1170. The molecule has 0 unspecified atom stereocenters. The molecule has 0 spiro atoms. The summed E-state index contributed by atoms with van der Waals surface area (Å²) in [4.78, 5) is 11.7. The molecular weight excluding hydrogens is 475 g/mol. The van der Waals surface area contributed by atoms with Crippen LogP contribution in [0.25, 0.3) is 10.9 Å². The topological polar surface area (TPSA) is 77.3 Å². The van der Waals surface area contributed by atoms with Crippen molar-refractivity contribution in [3.63, 3.8) is 0 Å². The number of fused-ring (bicyclic) bond motifs is 1. The van der Waals surface area contributed by atoms with Gasteiger partial charge in [0, 0.05) is 23.7 Å². The lowest BCUT2D eigenvalue weighted by atomic mass is 9.88. The number of benzene rings is 1. The fourth-order valence-corrected chi connectivity index (χ4v) is 5.09. The number of hydrogen-bond acceptors (Lipinski definition) is 7. The smallest absolute Gasteiger partial charge is 0.227 e. The highest BCUT2D eigenvalue weighted by Gasteiger charge is 2.31. The van der Waals surface area contributed by atoms with Crippen LogP contribution in [0.15, 0.2) is 24.5 Å². The maximum absolute atomic E-state index is 6.69. The van der Waals surface area contributed by atoms with Crippen molar-refractivity contribution in [1.29, 1.82) is 0 Å². The minimum atomic E-state index is -0.385. The van der Waals surface area contributed by atoms with Crippen molar-refractivity contribution >= 4 is 45.7 Å². The first-order valence-electron chi connectivity index (χ1n) is 11.6. The Kier molecular flexibility index (Phi) is 6.70. The van der Waals surface area contributed by atoms with Crippen LogP contribution in [0.1, 0.15) is 38.2 Å². The van der Waals surface area contributed by atoms with Gasteiger partial charge in [-0.1, -0.05) is 23.2 Å². The Morgan fingerprint density at radius 3 is 2.62 bits per heavy atom. The van der Waals surface area contributed by atoms with Gasteiger partial charge in [-0.15, -0.1) is 0 Å². The minimum absolute atomic E-state index is 0.385. The normalized spacial score (nSPS) is 18.4. The number of nitrogens with zero attached hydrogens (tertiary/aromatic N) is 5. The first-order valence-corrected chi connectivity index (χ1v) is 12.4. The summed E-state index contributed by atoms with van der Waals surface area (Å²) in [5, 5.41) is 9.76. The van der Waals surface area contributed by atoms with Gasteiger partial charge in [0.15, 0.2) is 5.15 Å². The SMILES string of the molecule is COC(C)(C)Cn1ncc(Nc2ncc3cc(Cl)c(C4CCN(C5COC5)CC4)cc3n2)c1Cl. The van der Waals surface area contributed by atoms with E-state index in [0.717, 1.165) is 60.6 Å². The van der Waals surface area contributed by atoms with Crippen LogP contribution in [0.2, 0.25) is 10.2 Å². The number of likely N-dealkylation sites (tertiary alicyclic amines) is 1. The molecule has 2 saturated heterocycles. The molecule has 0 amide bonds. The number of rotatable bonds is 7. The highest BCUT2D eigenvalue weighted by molar-refractivity contribution is 6.32. The molecule has 34 heavy (non-hydrogen) atoms. The van der Waals surface area contributed by atoms with E-state index >= 15 is 0 Å². The molecule has 1 aromatic carbocycles. The van der Waals surface area contributed by atoms with E-state index in [1.54, 1.807) is 24.2 Å². The van der Waals surface area contributed by atoms with Crippen LogP contribution in [-0.4, -0.2) is 69.7 Å². The van der Waals surface area contributed by atoms with E-state index in [-0.39, 0.29) is 5.60 Å². The zero-order chi connectivity index (χ0) is 23.9. The lowest BCUT2D eigenvalue weighted by Crippen LogP contribution is -2.51. The summed E-state index contributed by atoms with van der Waals surface area (Å²) in [6, 6.07) is 4.68. The molecule has 2 aliphatic heterocycles. The summed E-state index contributed by atoms with van der Waals surface area (Å²) >= 11 is 13.2. The average Bonchev–Trinajstić information content (AvgIpc) is 3.11. The lowest BCUT2D eigenvalue weighted by molar-refractivity contribution is -0.0712. The molecule has 0 bridgehead atoms. The van der Waals surface area contributed by atoms with Crippen LogP contribution in [0, 0.1) is 0 Å². The molecule has 0 saturated carbocycles. The number of piperidine rings is 1. The number of hydrogen-bond donors (Lipinski definition) is 1. The Balaban J connectivity index is 1.33. The number of anilines is 2. The van der Waals surface area contributed by atoms with Crippen LogP contribution in [0.5, 0.6) is 0 Å². The minimum Gasteiger partial charge on any atom is -0.378 e. The van der Waals surface area contributed by atoms with Crippen molar-refractivity contribution in [2.75, 3.05) is 38.7 Å². The van der Waals surface area contributed by atoms with Crippen molar-refractivity contribution in [2.45, 2.75) is 50.8 Å². The highest BCUT2D eigenvalue weighted by Crippen LogP contribution is 2.36. The van der Waals surface area contributed by atoms with Gasteiger partial charge in [0.2, 0.25) is 5.95 Å². The van der Waals surface area contributed by atoms with Gasteiger partial charge in [0.1, 0.15) is 0 Å². The first kappa shape index (κ1) is 23.8. The van der Waals surface area contributed by atoms with E-state index in [1.165, 1.54) is 0 Å². The van der Waals surface area contributed by atoms with Crippen LogP contribution in [-0.2, 0) is 16.0 Å². The van der Waals surface area contributed by atoms with Crippen molar-refractivity contribution in [3.05, 3.63) is 40.3 Å². The van der Waals surface area contributed by atoms with E-state index in [2.05, 4.69) is 26.4 Å². The molecule has 0 radical (unpaired) electrons. The molecule has 10 heteroatoms. The Morgan fingerprint density at radius 2 is 1.94 bits per heavy atom. The number of nitrogens with one attached hydrogen (secondary N) is 1. The largest absolute Gasteiger partial charge is 0.378 e. The molecule has 8 nitrogen and oxygen atoms in total. The second kappa shape index (κ2) is 9.59. The molecule has 182 valence electrons. The molecular formula is C24H30Cl2N6O2. The van der Waals surface area contributed by atoms with E-state index in [0.29, 0.717) is 35.3 Å².